The number of fused-ring (bicyclic) bond motifs is 1. The van der Waals surface area contributed by atoms with E-state index in [9.17, 15) is 4.79 Å². The van der Waals surface area contributed by atoms with E-state index in [2.05, 4.69) is 43.2 Å². The monoisotopic (exact) mass is 370 g/mol. The van der Waals surface area contributed by atoms with E-state index in [0.717, 1.165) is 16.3 Å². The molecule has 5 heteroatoms. The number of pyridine rings is 1. The van der Waals surface area contributed by atoms with Crippen molar-refractivity contribution in [3.8, 4) is 0 Å². The van der Waals surface area contributed by atoms with E-state index in [1.165, 1.54) is 5.56 Å². The summed E-state index contributed by atoms with van der Waals surface area (Å²) in [6, 6.07) is 15.7. The van der Waals surface area contributed by atoms with Gasteiger partial charge in [0.1, 0.15) is 6.61 Å². The summed E-state index contributed by atoms with van der Waals surface area (Å²) < 4.78 is 5.34. The van der Waals surface area contributed by atoms with Gasteiger partial charge in [0, 0.05) is 23.2 Å². The highest BCUT2D eigenvalue weighted by molar-refractivity contribution is 5.99. The lowest BCUT2D eigenvalue weighted by Gasteiger charge is -2.19. The average Bonchev–Trinajstić information content (AvgIpc) is 2.60. The van der Waals surface area contributed by atoms with Crippen molar-refractivity contribution in [1.82, 2.24) is 4.98 Å². The van der Waals surface area contributed by atoms with Gasteiger partial charge in [-0.2, -0.15) is 0 Å². The molecule has 3 aromatic rings. The molecule has 1 amide bonds. The highest BCUT2D eigenvalue weighted by atomic mass is 35.5. The van der Waals surface area contributed by atoms with Crippen molar-refractivity contribution >= 4 is 35.0 Å². The van der Waals surface area contributed by atoms with Crippen molar-refractivity contribution in [2.45, 2.75) is 32.8 Å². The molecule has 136 valence electrons. The van der Waals surface area contributed by atoms with Crippen LogP contribution in [-0.4, -0.2) is 11.1 Å². The van der Waals surface area contributed by atoms with E-state index in [-0.39, 0.29) is 24.4 Å². The Morgan fingerprint density at radius 1 is 1.08 bits per heavy atom. The molecule has 1 heterocycles. The highest BCUT2D eigenvalue weighted by Crippen LogP contribution is 2.23. The molecule has 0 atom stereocenters. The second-order valence-electron chi connectivity index (χ2n) is 7.05. The van der Waals surface area contributed by atoms with Crippen LogP contribution in [0.2, 0.25) is 0 Å². The third-order valence-corrected chi connectivity index (χ3v) is 4.11. The summed E-state index contributed by atoms with van der Waals surface area (Å²) in [5.41, 5.74) is 3.04. The zero-order valence-corrected chi connectivity index (χ0v) is 16.0. The molecule has 0 saturated carbocycles. The molecule has 0 aliphatic heterocycles. The number of aromatic nitrogens is 1. The van der Waals surface area contributed by atoms with Crippen molar-refractivity contribution in [3.63, 3.8) is 0 Å². The van der Waals surface area contributed by atoms with Crippen molar-refractivity contribution in [2.75, 3.05) is 5.32 Å². The van der Waals surface area contributed by atoms with Crippen LogP contribution in [0.1, 0.15) is 31.9 Å². The fourth-order valence-corrected chi connectivity index (χ4v) is 2.63. The number of carbonyl (C=O) groups excluding carboxylic acids is 1. The van der Waals surface area contributed by atoms with Crippen LogP contribution in [0.5, 0.6) is 0 Å². The lowest BCUT2D eigenvalue weighted by atomic mass is 9.87. The number of benzene rings is 2. The van der Waals surface area contributed by atoms with Crippen molar-refractivity contribution in [2.24, 2.45) is 0 Å². The molecule has 2 aromatic carbocycles. The maximum atomic E-state index is 12.1. The Kier molecular flexibility index (Phi) is 6.22. The SMILES string of the molecule is CC(C)(C)c1ccc(COC(=O)Nc2cccc3cnccc23)cc1.Cl. The summed E-state index contributed by atoms with van der Waals surface area (Å²) in [6.07, 6.45) is 3.00. The van der Waals surface area contributed by atoms with Crippen LogP contribution in [0, 0.1) is 0 Å². The molecule has 0 spiro atoms. The van der Waals surface area contributed by atoms with Gasteiger partial charge in [-0.15, -0.1) is 12.4 Å². The topological polar surface area (TPSA) is 51.2 Å². The Morgan fingerprint density at radius 2 is 1.81 bits per heavy atom. The molecular formula is C21H23ClN2O2. The summed E-state index contributed by atoms with van der Waals surface area (Å²) in [5.74, 6) is 0. The quantitative estimate of drug-likeness (QED) is 0.643. The Labute approximate surface area is 160 Å². The molecule has 0 unspecified atom stereocenters. The van der Waals surface area contributed by atoms with Gasteiger partial charge in [0.2, 0.25) is 0 Å². The minimum Gasteiger partial charge on any atom is -0.444 e. The smallest absolute Gasteiger partial charge is 0.411 e. The second-order valence-corrected chi connectivity index (χ2v) is 7.05. The fourth-order valence-electron chi connectivity index (χ4n) is 2.63. The van der Waals surface area contributed by atoms with Crippen molar-refractivity contribution in [3.05, 3.63) is 72.1 Å². The predicted molar refractivity (Wildman–Crippen MR) is 108 cm³/mol. The molecule has 0 saturated heterocycles. The van der Waals surface area contributed by atoms with E-state index >= 15 is 0 Å². The van der Waals surface area contributed by atoms with E-state index in [0.29, 0.717) is 5.69 Å². The number of ether oxygens (including phenoxy) is 1. The standard InChI is InChI=1S/C21H22N2O2.ClH/c1-21(2,3)17-9-7-15(8-10-17)14-25-20(24)23-19-6-4-5-16-13-22-12-11-18(16)19;/h4-13H,14H2,1-3H3,(H,23,24);1H. The molecule has 0 radical (unpaired) electrons. The first-order valence-electron chi connectivity index (χ1n) is 8.29. The summed E-state index contributed by atoms with van der Waals surface area (Å²) >= 11 is 0. The van der Waals surface area contributed by atoms with E-state index < -0.39 is 6.09 Å². The number of hydrogen-bond donors (Lipinski definition) is 1. The minimum atomic E-state index is -0.468. The van der Waals surface area contributed by atoms with Gasteiger partial charge in [-0.25, -0.2) is 4.79 Å². The van der Waals surface area contributed by atoms with Gasteiger partial charge in [-0.05, 0) is 28.7 Å². The number of amides is 1. The van der Waals surface area contributed by atoms with Gasteiger partial charge in [-0.3, -0.25) is 10.3 Å². The Bertz CT molecular complexity index is 881. The van der Waals surface area contributed by atoms with Gasteiger partial charge in [0.25, 0.3) is 0 Å². The van der Waals surface area contributed by atoms with Gasteiger partial charge in [0.05, 0.1) is 5.69 Å². The van der Waals surface area contributed by atoms with Crippen LogP contribution >= 0.6 is 12.4 Å². The number of nitrogens with one attached hydrogen (secondary N) is 1. The molecule has 1 N–H and O–H groups in total. The third-order valence-electron chi connectivity index (χ3n) is 4.11. The maximum absolute atomic E-state index is 12.1. The van der Waals surface area contributed by atoms with Crippen molar-refractivity contribution in [1.29, 1.82) is 0 Å². The number of rotatable bonds is 3. The average molecular weight is 371 g/mol. The van der Waals surface area contributed by atoms with Crippen LogP contribution in [-0.2, 0) is 16.8 Å². The van der Waals surface area contributed by atoms with Crippen LogP contribution in [0.25, 0.3) is 10.8 Å². The summed E-state index contributed by atoms with van der Waals surface area (Å²) in [5, 5.41) is 4.71. The number of carbonyl (C=O) groups is 1. The zero-order chi connectivity index (χ0) is 17.9. The molecule has 0 aliphatic rings. The number of halogens is 1. The molecule has 0 bridgehead atoms. The number of anilines is 1. The lowest BCUT2D eigenvalue weighted by Crippen LogP contribution is -2.14. The van der Waals surface area contributed by atoms with Crippen LogP contribution < -0.4 is 5.32 Å². The molecule has 0 fully saturated rings. The maximum Gasteiger partial charge on any atom is 0.411 e. The normalized spacial score (nSPS) is 10.9. The van der Waals surface area contributed by atoms with Gasteiger partial charge in [0.15, 0.2) is 0 Å². The van der Waals surface area contributed by atoms with Crippen LogP contribution in [0.4, 0.5) is 10.5 Å². The largest absolute Gasteiger partial charge is 0.444 e. The highest BCUT2D eigenvalue weighted by Gasteiger charge is 2.13. The third kappa shape index (κ3) is 4.73. The molecule has 3 rings (SSSR count). The summed E-state index contributed by atoms with van der Waals surface area (Å²) in [7, 11) is 0. The molecular weight excluding hydrogens is 348 g/mol. The molecule has 26 heavy (non-hydrogen) atoms. The molecule has 4 nitrogen and oxygen atoms in total. The summed E-state index contributed by atoms with van der Waals surface area (Å²) in [6.45, 7) is 6.76. The van der Waals surface area contributed by atoms with Gasteiger partial charge in [-0.1, -0.05) is 57.2 Å². The Hall–Kier alpha value is -2.59. The summed E-state index contributed by atoms with van der Waals surface area (Å²) in [4.78, 5) is 16.2. The van der Waals surface area contributed by atoms with Crippen molar-refractivity contribution < 1.29 is 9.53 Å². The number of hydrogen-bond acceptors (Lipinski definition) is 3. The van der Waals surface area contributed by atoms with E-state index in [1.54, 1.807) is 12.4 Å². The predicted octanol–water partition coefficient (Wildman–Crippen LogP) is 5.70. The zero-order valence-electron chi connectivity index (χ0n) is 15.2. The minimum absolute atomic E-state index is 0. The van der Waals surface area contributed by atoms with E-state index in [1.807, 2.05) is 36.4 Å². The number of nitrogens with zero attached hydrogens (tertiary/aromatic N) is 1. The first-order chi connectivity index (χ1) is 11.9. The van der Waals surface area contributed by atoms with Crippen LogP contribution in [0.3, 0.4) is 0 Å². The van der Waals surface area contributed by atoms with Crippen LogP contribution in [0.15, 0.2) is 60.9 Å². The molecule has 0 aliphatic carbocycles. The van der Waals surface area contributed by atoms with Gasteiger partial charge >= 0.3 is 6.09 Å². The molecule has 1 aromatic heterocycles. The van der Waals surface area contributed by atoms with E-state index in [4.69, 9.17) is 4.74 Å². The second kappa shape index (κ2) is 8.19. The first-order valence-corrected chi connectivity index (χ1v) is 8.29. The fraction of sp³-hybridized carbons (Fsp3) is 0.238. The van der Waals surface area contributed by atoms with Gasteiger partial charge < -0.3 is 4.74 Å². The lowest BCUT2D eigenvalue weighted by molar-refractivity contribution is 0.155. The Balaban J connectivity index is 0.00000243. The Morgan fingerprint density at radius 3 is 2.50 bits per heavy atom. The first kappa shape index (κ1) is 19.7.